The van der Waals surface area contributed by atoms with E-state index >= 15 is 0 Å². The van der Waals surface area contributed by atoms with E-state index in [-0.39, 0.29) is 0 Å². The lowest BCUT2D eigenvalue weighted by atomic mass is 10.1. The number of ether oxygens (including phenoxy) is 3. The van der Waals surface area contributed by atoms with Gasteiger partial charge in [0.2, 0.25) is 0 Å². The molecule has 4 nitrogen and oxygen atoms in total. The Morgan fingerprint density at radius 2 is 1.76 bits per heavy atom. The van der Waals surface area contributed by atoms with Crippen molar-refractivity contribution in [1.29, 1.82) is 0 Å². The molecular weight excluding hydrogens is 268 g/mol. The Hall–Kier alpha value is -2.49. The quantitative estimate of drug-likeness (QED) is 0.348. The molecule has 0 amide bonds. The van der Waals surface area contributed by atoms with Gasteiger partial charge in [-0.1, -0.05) is 30.4 Å². The van der Waals surface area contributed by atoms with E-state index in [1.165, 1.54) is 20.5 Å². The Labute approximate surface area is 125 Å². The zero-order chi connectivity index (χ0) is 15.7. The maximum Gasteiger partial charge on any atom is 0.341 e. The highest BCUT2D eigenvalue weighted by Crippen LogP contribution is 2.14. The summed E-state index contributed by atoms with van der Waals surface area (Å²) in [5, 5.41) is 0. The molecule has 4 heteroatoms. The summed E-state index contributed by atoms with van der Waals surface area (Å²) >= 11 is 0. The first-order valence-corrected chi connectivity index (χ1v) is 6.43. The number of hydrogen-bond acceptors (Lipinski definition) is 4. The van der Waals surface area contributed by atoms with Gasteiger partial charge in [0.1, 0.15) is 5.75 Å². The second-order valence-electron chi connectivity index (χ2n) is 4.24. The van der Waals surface area contributed by atoms with Crippen LogP contribution in [0.3, 0.4) is 0 Å². The first kappa shape index (κ1) is 16.6. The Balaban J connectivity index is 2.83. The van der Waals surface area contributed by atoms with E-state index in [1.807, 2.05) is 49.4 Å². The smallest absolute Gasteiger partial charge is 0.341 e. The van der Waals surface area contributed by atoms with Crippen molar-refractivity contribution >= 4 is 12.0 Å². The van der Waals surface area contributed by atoms with E-state index in [9.17, 15) is 4.79 Å². The summed E-state index contributed by atoms with van der Waals surface area (Å²) in [6.07, 6.45) is 7.00. The van der Waals surface area contributed by atoms with Crippen LogP contribution in [0.1, 0.15) is 12.5 Å². The third-order valence-electron chi connectivity index (χ3n) is 2.82. The van der Waals surface area contributed by atoms with Crippen LogP contribution in [0.15, 0.2) is 53.8 Å². The van der Waals surface area contributed by atoms with Crippen LogP contribution >= 0.6 is 0 Å². The van der Waals surface area contributed by atoms with E-state index < -0.39 is 5.97 Å². The van der Waals surface area contributed by atoms with Gasteiger partial charge in [0.15, 0.2) is 0 Å². The van der Waals surface area contributed by atoms with Crippen molar-refractivity contribution in [1.82, 2.24) is 0 Å². The molecule has 0 saturated heterocycles. The number of esters is 1. The summed E-state index contributed by atoms with van der Waals surface area (Å²) in [6.45, 7) is 1.82. The molecule has 0 atom stereocenters. The predicted octanol–water partition coefficient (Wildman–Crippen LogP) is 3.36. The third kappa shape index (κ3) is 5.18. The topological polar surface area (TPSA) is 44.8 Å². The number of hydrogen-bond donors (Lipinski definition) is 0. The zero-order valence-electron chi connectivity index (χ0n) is 12.8. The van der Waals surface area contributed by atoms with E-state index in [1.54, 1.807) is 7.11 Å². The lowest BCUT2D eigenvalue weighted by Crippen LogP contribution is -2.06. The highest BCUT2D eigenvalue weighted by molar-refractivity contribution is 5.92. The molecule has 0 saturated carbocycles. The zero-order valence-corrected chi connectivity index (χ0v) is 12.8. The molecule has 1 aromatic rings. The minimum Gasteiger partial charge on any atom is -0.503 e. The highest BCUT2D eigenvalue weighted by Gasteiger charge is 2.11. The lowest BCUT2D eigenvalue weighted by molar-refractivity contribution is -0.135. The average molecular weight is 288 g/mol. The number of carbonyl (C=O) groups is 1. The summed E-state index contributed by atoms with van der Waals surface area (Å²) in [5.41, 5.74) is 2.18. The average Bonchev–Trinajstić information content (AvgIpc) is 2.52. The summed E-state index contributed by atoms with van der Waals surface area (Å²) in [7, 11) is 4.46. The summed E-state index contributed by atoms with van der Waals surface area (Å²) in [5.74, 6) is 0.387. The van der Waals surface area contributed by atoms with Gasteiger partial charge in [-0.3, -0.25) is 0 Å². The molecule has 1 rings (SSSR count). The van der Waals surface area contributed by atoms with Gasteiger partial charge in [-0.2, -0.15) is 0 Å². The Morgan fingerprint density at radius 3 is 2.29 bits per heavy atom. The van der Waals surface area contributed by atoms with Crippen molar-refractivity contribution in [3.8, 4) is 5.75 Å². The standard InChI is InChI=1S/C17H20O4/c1-13(16(12-19-2)17(18)21-4)6-5-7-14-8-10-15(20-3)11-9-14/h5-12H,1-4H3/b7-5-,13-6+,16-12-. The van der Waals surface area contributed by atoms with Crippen LogP contribution in [-0.4, -0.2) is 27.3 Å². The van der Waals surface area contributed by atoms with Gasteiger partial charge in [0.05, 0.1) is 33.2 Å². The lowest BCUT2D eigenvalue weighted by Gasteiger charge is -2.04. The van der Waals surface area contributed by atoms with E-state index in [0.29, 0.717) is 5.57 Å². The molecule has 0 unspecified atom stereocenters. The highest BCUT2D eigenvalue weighted by atomic mass is 16.5. The number of allylic oxidation sites excluding steroid dienone is 2. The number of carbonyl (C=O) groups excluding carboxylic acids is 1. The van der Waals surface area contributed by atoms with Crippen molar-refractivity contribution in [3.05, 3.63) is 59.4 Å². The SMILES string of the molecule is CO/C=C(C(=O)OC)/C(C)=C/C=C\c1ccc(OC)cc1. The molecule has 112 valence electrons. The Bertz CT molecular complexity index is 551. The number of benzene rings is 1. The van der Waals surface area contributed by atoms with Gasteiger partial charge in [0.25, 0.3) is 0 Å². The molecule has 0 aromatic heterocycles. The molecule has 0 aliphatic carbocycles. The first-order valence-electron chi connectivity index (χ1n) is 6.43. The molecule has 0 bridgehead atoms. The van der Waals surface area contributed by atoms with Crippen LogP contribution in [-0.2, 0) is 14.3 Å². The number of methoxy groups -OCH3 is 3. The summed E-state index contributed by atoms with van der Waals surface area (Å²) in [6, 6.07) is 7.68. The molecule has 0 heterocycles. The van der Waals surface area contributed by atoms with Gasteiger partial charge in [-0.05, 0) is 30.2 Å². The molecule has 1 aromatic carbocycles. The Kier molecular flexibility index (Phi) is 6.81. The van der Waals surface area contributed by atoms with Crippen molar-refractivity contribution < 1.29 is 19.0 Å². The molecule has 0 N–H and O–H groups in total. The van der Waals surface area contributed by atoms with E-state index in [4.69, 9.17) is 14.2 Å². The molecule has 0 radical (unpaired) electrons. The fraction of sp³-hybridized carbons (Fsp3) is 0.235. The van der Waals surface area contributed by atoms with Crippen molar-refractivity contribution in [2.24, 2.45) is 0 Å². The minimum absolute atomic E-state index is 0.388. The van der Waals surface area contributed by atoms with Crippen LogP contribution in [0.4, 0.5) is 0 Å². The van der Waals surface area contributed by atoms with Gasteiger partial charge < -0.3 is 14.2 Å². The van der Waals surface area contributed by atoms with Crippen LogP contribution in [0.2, 0.25) is 0 Å². The molecule has 0 fully saturated rings. The number of rotatable bonds is 6. The summed E-state index contributed by atoms with van der Waals surface area (Å²) < 4.78 is 14.7. The van der Waals surface area contributed by atoms with Gasteiger partial charge in [-0.25, -0.2) is 4.79 Å². The normalized spacial score (nSPS) is 12.4. The molecule has 0 spiro atoms. The molecule has 0 aliphatic heterocycles. The van der Waals surface area contributed by atoms with Crippen LogP contribution in [0.25, 0.3) is 6.08 Å². The van der Waals surface area contributed by atoms with E-state index in [0.717, 1.165) is 16.9 Å². The summed E-state index contributed by atoms with van der Waals surface area (Å²) in [4.78, 5) is 11.6. The maximum atomic E-state index is 11.6. The fourth-order valence-corrected chi connectivity index (χ4v) is 1.64. The fourth-order valence-electron chi connectivity index (χ4n) is 1.64. The van der Waals surface area contributed by atoms with E-state index in [2.05, 4.69) is 0 Å². The monoisotopic (exact) mass is 288 g/mol. The largest absolute Gasteiger partial charge is 0.503 e. The Morgan fingerprint density at radius 1 is 1.10 bits per heavy atom. The third-order valence-corrected chi connectivity index (χ3v) is 2.82. The first-order chi connectivity index (χ1) is 10.1. The van der Waals surface area contributed by atoms with Crippen LogP contribution < -0.4 is 4.74 Å². The van der Waals surface area contributed by atoms with Crippen molar-refractivity contribution in [2.45, 2.75) is 6.92 Å². The van der Waals surface area contributed by atoms with Crippen molar-refractivity contribution in [3.63, 3.8) is 0 Å². The minimum atomic E-state index is -0.427. The molecular formula is C17H20O4. The van der Waals surface area contributed by atoms with Crippen molar-refractivity contribution in [2.75, 3.05) is 21.3 Å². The predicted molar refractivity (Wildman–Crippen MR) is 82.9 cm³/mol. The molecule has 0 aliphatic rings. The van der Waals surface area contributed by atoms with Crippen LogP contribution in [0.5, 0.6) is 5.75 Å². The van der Waals surface area contributed by atoms with Gasteiger partial charge >= 0.3 is 5.97 Å². The van der Waals surface area contributed by atoms with Gasteiger partial charge in [-0.15, -0.1) is 0 Å². The second kappa shape index (κ2) is 8.64. The molecule has 21 heavy (non-hydrogen) atoms. The van der Waals surface area contributed by atoms with Gasteiger partial charge in [0, 0.05) is 0 Å². The van der Waals surface area contributed by atoms with Crippen LogP contribution in [0, 0.1) is 0 Å². The maximum absolute atomic E-state index is 11.6. The second-order valence-corrected chi connectivity index (χ2v) is 4.24.